The summed E-state index contributed by atoms with van der Waals surface area (Å²) in [4.78, 5) is 0. The summed E-state index contributed by atoms with van der Waals surface area (Å²) in [5.41, 5.74) is 0. The molecular formula is C15H24NO3+. The molecule has 1 rings (SSSR count). The Morgan fingerprint density at radius 3 is 2.37 bits per heavy atom. The van der Waals surface area contributed by atoms with Gasteiger partial charge in [-0.1, -0.05) is 6.58 Å². The van der Waals surface area contributed by atoms with Crippen LogP contribution in [0.3, 0.4) is 0 Å². The van der Waals surface area contributed by atoms with Crippen molar-refractivity contribution in [1.82, 2.24) is 0 Å². The van der Waals surface area contributed by atoms with E-state index in [0.29, 0.717) is 19.8 Å². The van der Waals surface area contributed by atoms with E-state index in [0.717, 1.165) is 31.2 Å². The van der Waals surface area contributed by atoms with Crippen LogP contribution in [-0.2, 0) is 4.74 Å². The number of ether oxygens (including phenoxy) is 3. The van der Waals surface area contributed by atoms with Crippen molar-refractivity contribution in [2.75, 3.05) is 39.5 Å². The second-order valence-corrected chi connectivity index (χ2v) is 3.97. The van der Waals surface area contributed by atoms with Crippen molar-refractivity contribution in [1.29, 1.82) is 0 Å². The van der Waals surface area contributed by atoms with Gasteiger partial charge in [0.25, 0.3) is 0 Å². The van der Waals surface area contributed by atoms with Gasteiger partial charge in [-0.3, -0.25) is 0 Å². The van der Waals surface area contributed by atoms with Gasteiger partial charge < -0.3 is 19.5 Å². The van der Waals surface area contributed by atoms with E-state index in [1.165, 1.54) is 0 Å². The molecule has 0 atom stereocenters. The van der Waals surface area contributed by atoms with Gasteiger partial charge in [0.2, 0.25) is 0 Å². The van der Waals surface area contributed by atoms with E-state index in [2.05, 4.69) is 11.9 Å². The maximum atomic E-state index is 5.56. The minimum atomic E-state index is 0.565. The third-order valence-electron chi connectivity index (χ3n) is 2.43. The van der Waals surface area contributed by atoms with Crippen molar-refractivity contribution in [3.8, 4) is 11.5 Å². The first kappa shape index (κ1) is 15.5. The van der Waals surface area contributed by atoms with Gasteiger partial charge >= 0.3 is 0 Å². The average molecular weight is 266 g/mol. The summed E-state index contributed by atoms with van der Waals surface area (Å²) < 4.78 is 16.4. The number of quaternary nitrogens is 1. The predicted molar refractivity (Wildman–Crippen MR) is 75.8 cm³/mol. The van der Waals surface area contributed by atoms with Gasteiger partial charge in [0.15, 0.2) is 0 Å². The molecule has 1 aromatic carbocycles. The van der Waals surface area contributed by atoms with Crippen LogP contribution in [0.4, 0.5) is 0 Å². The molecule has 0 saturated carbocycles. The van der Waals surface area contributed by atoms with Gasteiger partial charge in [-0.2, -0.15) is 0 Å². The van der Waals surface area contributed by atoms with E-state index in [1.54, 1.807) is 0 Å². The minimum Gasteiger partial charge on any atom is -0.494 e. The molecule has 0 radical (unpaired) electrons. The van der Waals surface area contributed by atoms with Gasteiger partial charge in [-0.25, -0.2) is 0 Å². The van der Waals surface area contributed by atoms with Gasteiger partial charge in [0, 0.05) is 0 Å². The topological polar surface area (TPSA) is 44.3 Å². The Bertz CT molecular complexity index is 338. The largest absolute Gasteiger partial charge is 0.494 e. The van der Waals surface area contributed by atoms with Crippen molar-refractivity contribution >= 4 is 0 Å². The second kappa shape index (κ2) is 10.4. The van der Waals surface area contributed by atoms with Gasteiger partial charge in [-0.15, -0.1) is 0 Å². The van der Waals surface area contributed by atoms with Crippen molar-refractivity contribution in [2.24, 2.45) is 0 Å². The van der Waals surface area contributed by atoms with E-state index in [9.17, 15) is 0 Å². The Morgan fingerprint density at radius 2 is 1.74 bits per heavy atom. The maximum Gasteiger partial charge on any atom is 0.119 e. The normalized spacial score (nSPS) is 10.2. The van der Waals surface area contributed by atoms with Crippen LogP contribution >= 0.6 is 0 Å². The van der Waals surface area contributed by atoms with E-state index in [-0.39, 0.29) is 0 Å². The van der Waals surface area contributed by atoms with Crippen LogP contribution in [0.15, 0.2) is 36.9 Å². The van der Waals surface area contributed by atoms with Crippen LogP contribution in [-0.4, -0.2) is 39.5 Å². The third kappa shape index (κ3) is 7.49. The van der Waals surface area contributed by atoms with Crippen molar-refractivity contribution in [3.63, 3.8) is 0 Å². The summed E-state index contributed by atoms with van der Waals surface area (Å²) in [5.74, 6) is 1.70. The first-order valence-electron chi connectivity index (χ1n) is 6.72. The van der Waals surface area contributed by atoms with Crippen LogP contribution in [0.2, 0.25) is 0 Å². The summed E-state index contributed by atoms with van der Waals surface area (Å²) in [6.45, 7) is 10.1. The standard InChI is InChI=1S/C15H23NO3/c1-3-9-16-10-11-17-12-13-19-15-7-5-14(6-8-15)18-4-2/h3,5-8,16H,1,4,9-13H2,2H3/p+1. The number of nitrogens with two attached hydrogens (primary N) is 1. The van der Waals surface area contributed by atoms with E-state index in [4.69, 9.17) is 14.2 Å². The summed E-state index contributed by atoms with van der Waals surface area (Å²) in [6, 6.07) is 7.62. The molecule has 2 N–H and O–H groups in total. The lowest BCUT2D eigenvalue weighted by atomic mass is 10.3. The molecule has 106 valence electrons. The zero-order valence-corrected chi connectivity index (χ0v) is 11.6. The predicted octanol–water partition coefficient (Wildman–Crippen LogP) is 1.23. The zero-order chi connectivity index (χ0) is 13.8. The molecule has 0 unspecified atom stereocenters. The highest BCUT2D eigenvalue weighted by Crippen LogP contribution is 2.17. The van der Waals surface area contributed by atoms with E-state index >= 15 is 0 Å². The number of rotatable bonds is 11. The van der Waals surface area contributed by atoms with Crippen LogP contribution in [0.25, 0.3) is 0 Å². The summed E-state index contributed by atoms with van der Waals surface area (Å²) in [5, 5.41) is 2.15. The summed E-state index contributed by atoms with van der Waals surface area (Å²) in [6.07, 6.45) is 1.88. The molecule has 4 heteroatoms. The van der Waals surface area contributed by atoms with Crippen molar-refractivity contribution < 1.29 is 19.5 Å². The molecule has 0 aliphatic carbocycles. The van der Waals surface area contributed by atoms with E-state index < -0.39 is 0 Å². The lowest BCUT2D eigenvalue weighted by Crippen LogP contribution is -2.84. The molecule has 0 aliphatic heterocycles. The van der Waals surface area contributed by atoms with Gasteiger partial charge in [-0.05, 0) is 37.3 Å². The Hall–Kier alpha value is -1.52. The highest BCUT2D eigenvalue weighted by Gasteiger charge is 1.96. The molecule has 0 aromatic heterocycles. The molecular weight excluding hydrogens is 242 g/mol. The fraction of sp³-hybridized carbons (Fsp3) is 0.467. The van der Waals surface area contributed by atoms with Gasteiger partial charge in [0.1, 0.15) is 18.1 Å². The SMILES string of the molecule is C=CC[NH2+]CCOCCOc1ccc(OCC)cc1. The van der Waals surface area contributed by atoms with Crippen LogP contribution < -0.4 is 14.8 Å². The third-order valence-corrected chi connectivity index (χ3v) is 2.43. The lowest BCUT2D eigenvalue weighted by molar-refractivity contribution is -0.647. The Balaban J connectivity index is 2.04. The number of hydrogen-bond acceptors (Lipinski definition) is 3. The fourth-order valence-corrected chi connectivity index (χ4v) is 1.52. The second-order valence-electron chi connectivity index (χ2n) is 3.97. The Morgan fingerprint density at radius 1 is 1.05 bits per heavy atom. The highest BCUT2D eigenvalue weighted by atomic mass is 16.5. The molecule has 0 saturated heterocycles. The van der Waals surface area contributed by atoms with E-state index in [1.807, 2.05) is 37.3 Å². The number of benzene rings is 1. The fourth-order valence-electron chi connectivity index (χ4n) is 1.52. The molecule has 1 aromatic rings. The zero-order valence-electron chi connectivity index (χ0n) is 11.6. The Labute approximate surface area is 115 Å². The maximum absolute atomic E-state index is 5.56. The highest BCUT2D eigenvalue weighted by molar-refractivity contribution is 5.31. The summed E-state index contributed by atoms with van der Waals surface area (Å²) >= 11 is 0. The lowest BCUT2D eigenvalue weighted by Gasteiger charge is -2.08. The number of hydrogen-bond donors (Lipinski definition) is 1. The van der Waals surface area contributed by atoms with Crippen molar-refractivity contribution in [3.05, 3.63) is 36.9 Å². The van der Waals surface area contributed by atoms with Crippen molar-refractivity contribution in [2.45, 2.75) is 6.92 Å². The first-order valence-corrected chi connectivity index (χ1v) is 6.72. The first-order chi connectivity index (χ1) is 9.36. The molecule has 19 heavy (non-hydrogen) atoms. The molecule has 0 bridgehead atoms. The smallest absolute Gasteiger partial charge is 0.119 e. The quantitative estimate of drug-likeness (QED) is 0.484. The van der Waals surface area contributed by atoms with Gasteiger partial charge in [0.05, 0.1) is 32.9 Å². The molecule has 0 aliphatic rings. The van der Waals surface area contributed by atoms with Crippen LogP contribution in [0, 0.1) is 0 Å². The molecule has 0 fully saturated rings. The summed E-state index contributed by atoms with van der Waals surface area (Å²) in [7, 11) is 0. The molecule has 4 nitrogen and oxygen atoms in total. The minimum absolute atomic E-state index is 0.565. The van der Waals surface area contributed by atoms with Crippen LogP contribution in [0.5, 0.6) is 11.5 Å². The average Bonchev–Trinajstić information content (AvgIpc) is 2.44. The Kier molecular flexibility index (Phi) is 8.51. The molecule has 0 heterocycles. The monoisotopic (exact) mass is 266 g/mol. The van der Waals surface area contributed by atoms with Crippen LogP contribution in [0.1, 0.15) is 6.92 Å². The molecule has 0 spiro atoms. The molecule has 0 amide bonds.